The Bertz CT molecular complexity index is 162. The van der Waals surface area contributed by atoms with Gasteiger partial charge in [0.15, 0.2) is 0 Å². The zero-order valence-electron chi connectivity index (χ0n) is 6.58. The van der Waals surface area contributed by atoms with Crippen molar-refractivity contribution in [1.82, 2.24) is 5.32 Å². The van der Waals surface area contributed by atoms with Crippen LogP contribution in [0.4, 0.5) is 0 Å². The highest BCUT2D eigenvalue weighted by molar-refractivity contribution is 5.77. The minimum Gasteiger partial charge on any atom is -0.356 e. The average molecular weight is 156 g/mol. The van der Waals surface area contributed by atoms with Crippen molar-refractivity contribution in [2.45, 2.75) is 19.8 Å². The second-order valence-corrected chi connectivity index (χ2v) is 2.09. The fourth-order valence-corrected chi connectivity index (χ4v) is 0.556. The maximum Gasteiger partial charge on any atom is 0.225 e. The number of nitrogens with one attached hydrogen (secondary N) is 1. The molecule has 0 aromatic rings. The van der Waals surface area contributed by atoms with Crippen molar-refractivity contribution >= 4 is 5.91 Å². The van der Waals surface area contributed by atoms with Crippen LogP contribution in [-0.4, -0.2) is 19.0 Å². The van der Waals surface area contributed by atoms with E-state index in [1.807, 2.05) is 6.92 Å². The molecule has 62 valence electrons. The van der Waals surface area contributed by atoms with E-state index < -0.39 is 0 Å². The summed E-state index contributed by atoms with van der Waals surface area (Å²) in [6.45, 7) is 2.61. The van der Waals surface area contributed by atoms with Crippen molar-refractivity contribution in [3.63, 3.8) is 0 Å². The lowest BCUT2D eigenvalue weighted by Crippen LogP contribution is -2.26. The molecule has 5 nitrogen and oxygen atoms in total. The van der Waals surface area contributed by atoms with Crippen LogP contribution in [0, 0.1) is 0 Å². The molecule has 0 unspecified atom stereocenters. The molecule has 0 bridgehead atoms. The van der Waals surface area contributed by atoms with E-state index in [4.69, 9.17) is 5.53 Å². The fraction of sp³-hybridized carbons (Fsp3) is 0.833. The van der Waals surface area contributed by atoms with E-state index in [2.05, 4.69) is 15.3 Å². The molecule has 0 aliphatic heterocycles. The van der Waals surface area contributed by atoms with Gasteiger partial charge in [0.25, 0.3) is 0 Å². The first-order valence-corrected chi connectivity index (χ1v) is 3.58. The van der Waals surface area contributed by atoms with E-state index in [9.17, 15) is 4.79 Å². The Labute approximate surface area is 65.4 Å². The third-order valence-electron chi connectivity index (χ3n) is 1.13. The smallest absolute Gasteiger partial charge is 0.225 e. The number of rotatable bonds is 5. The van der Waals surface area contributed by atoms with Crippen LogP contribution in [0.5, 0.6) is 0 Å². The summed E-state index contributed by atoms with van der Waals surface area (Å²) in [6, 6.07) is 0. The van der Waals surface area contributed by atoms with Crippen LogP contribution >= 0.6 is 0 Å². The number of azide groups is 1. The predicted octanol–water partition coefficient (Wildman–Crippen LogP) is 1.21. The van der Waals surface area contributed by atoms with Crippen molar-refractivity contribution in [2.24, 2.45) is 5.11 Å². The molecule has 5 heteroatoms. The minimum atomic E-state index is -0.212. The van der Waals surface area contributed by atoms with E-state index in [0.717, 1.165) is 12.8 Å². The molecule has 0 radical (unpaired) electrons. The molecule has 0 spiro atoms. The SMILES string of the molecule is CCCCNC(=O)CN=[N+]=[N-]. The van der Waals surface area contributed by atoms with Gasteiger partial charge < -0.3 is 5.32 Å². The molecule has 0 saturated heterocycles. The zero-order chi connectivity index (χ0) is 8.53. The maximum absolute atomic E-state index is 10.7. The highest BCUT2D eigenvalue weighted by Gasteiger charge is 1.95. The van der Waals surface area contributed by atoms with Gasteiger partial charge in [0.2, 0.25) is 5.91 Å². The fourth-order valence-electron chi connectivity index (χ4n) is 0.556. The molecular weight excluding hydrogens is 144 g/mol. The van der Waals surface area contributed by atoms with E-state index in [1.54, 1.807) is 0 Å². The summed E-state index contributed by atoms with van der Waals surface area (Å²) in [7, 11) is 0. The van der Waals surface area contributed by atoms with Crippen LogP contribution < -0.4 is 5.32 Å². The summed E-state index contributed by atoms with van der Waals surface area (Å²) < 4.78 is 0. The number of hydrogen-bond acceptors (Lipinski definition) is 2. The molecule has 0 aliphatic rings. The lowest BCUT2D eigenvalue weighted by atomic mass is 10.3. The molecular formula is C6H12N4O. The Morgan fingerprint density at radius 1 is 1.73 bits per heavy atom. The summed E-state index contributed by atoms with van der Waals surface area (Å²) >= 11 is 0. The van der Waals surface area contributed by atoms with E-state index in [1.165, 1.54) is 0 Å². The van der Waals surface area contributed by atoms with Crippen molar-refractivity contribution in [3.8, 4) is 0 Å². The van der Waals surface area contributed by atoms with Gasteiger partial charge in [-0.25, -0.2) is 0 Å². The van der Waals surface area contributed by atoms with Crippen LogP contribution in [0.1, 0.15) is 19.8 Å². The summed E-state index contributed by atoms with van der Waals surface area (Å²) in [5, 5.41) is 5.73. The van der Waals surface area contributed by atoms with Gasteiger partial charge in [-0.1, -0.05) is 18.5 Å². The molecule has 11 heavy (non-hydrogen) atoms. The molecule has 0 rings (SSSR count). The number of nitrogens with zero attached hydrogens (tertiary/aromatic N) is 3. The standard InChI is InChI=1S/C6H12N4O/c1-2-3-4-8-6(11)5-9-10-7/h2-5H2,1H3,(H,8,11). The number of carbonyl (C=O) groups excluding carboxylic acids is 1. The van der Waals surface area contributed by atoms with Crippen molar-refractivity contribution in [1.29, 1.82) is 0 Å². The number of amides is 1. The average Bonchev–Trinajstić information content (AvgIpc) is 2.01. The summed E-state index contributed by atoms with van der Waals surface area (Å²) in [4.78, 5) is 13.2. The summed E-state index contributed by atoms with van der Waals surface area (Å²) in [6.07, 6.45) is 2.00. The Hall–Kier alpha value is -1.22. The van der Waals surface area contributed by atoms with E-state index in [-0.39, 0.29) is 12.5 Å². The van der Waals surface area contributed by atoms with Gasteiger partial charge in [-0.2, -0.15) is 0 Å². The van der Waals surface area contributed by atoms with E-state index >= 15 is 0 Å². The third-order valence-corrected chi connectivity index (χ3v) is 1.13. The second-order valence-electron chi connectivity index (χ2n) is 2.09. The van der Waals surface area contributed by atoms with Gasteiger partial charge in [0.1, 0.15) is 6.54 Å². The van der Waals surface area contributed by atoms with Crippen LogP contribution in [-0.2, 0) is 4.79 Å². The Kier molecular flexibility index (Phi) is 6.13. The normalized spacial score (nSPS) is 8.45. The Balaban J connectivity index is 3.29. The lowest BCUT2D eigenvalue weighted by Gasteiger charge is -1.99. The van der Waals surface area contributed by atoms with Gasteiger partial charge in [0, 0.05) is 11.5 Å². The maximum atomic E-state index is 10.7. The molecule has 1 amide bonds. The molecule has 0 atom stereocenters. The van der Waals surface area contributed by atoms with Crippen molar-refractivity contribution < 1.29 is 4.79 Å². The highest BCUT2D eigenvalue weighted by atomic mass is 16.1. The number of unbranched alkanes of at least 4 members (excludes halogenated alkanes) is 1. The summed E-state index contributed by atoms with van der Waals surface area (Å²) in [5.74, 6) is -0.212. The second kappa shape index (κ2) is 6.89. The van der Waals surface area contributed by atoms with Crippen LogP contribution in [0.3, 0.4) is 0 Å². The third kappa shape index (κ3) is 6.67. The Morgan fingerprint density at radius 3 is 3.00 bits per heavy atom. The van der Waals surface area contributed by atoms with E-state index in [0.29, 0.717) is 6.54 Å². The quantitative estimate of drug-likeness (QED) is 0.276. The van der Waals surface area contributed by atoms with Crippen LogP contribution in [0.25, 0.3) is 10.4 Å². The van der Waals surface area contributed by atoms with Gasteiger partial charge in [-0.3, -0.25) is 4.79 Å². The monoisotopic (exact) mass is 156 g/mol. The van der Waals surface area contributed by atoms with Gasteiger partial charge >= 0.3 is 0 Å². The molecule has 0 fully saturated rings. The van der Waals surface area contributed by atoms with Gasteiger partial charge in [-0.05, 0) is 12.0 Å². The molecule has 0 aromatic carbocycles. The molecule has 0 aliphatic carbocycles. The molecule has 0 heterocycles. The number of hydrogen-bond donors (Lipinski definition) is 1. The van der Waals surface area contributed by atoms with Crippen LogP contribution in [0.15, 0.2) is 5.11 Å². The van der Waals surface area contributed by atoms with Crippen LogP contribution in [0.2, 0.25) is 0 Å². The van der Waals surface area contributed by atoms with Gasteiger partial charge in [0.05, 0.1) is 0 Å². The predicted molar refractivity (Wildman–Crippen MR) is 41.9 cm³/mol. The molecule has 0 aromatic heterocycles. The number of carbonyl (C=O) groups is 1. The Morgan fingerprint density at radius 2 is 2.45 bits per heavy atom. The minimum absolute atomic E-state index is 0.0970. The van der Waals surface area contributed by atoms with Crippen molar-refractivity contribution in [2.75, 3.05) is 13.1 Å². The largest absolute Gasteiger partial charge is 0.356 e. The van der Waals surface area contributed by atoms with Gasteiger partial charge in [-0.15, -0.1) is 0 Å². The first-order valence-electron chi connectivity index (χ1n) is 3.58. The molecule has 1 N–H and O–H groups in total. The van der Waals surface area contributed by atoms with Crippen molar-refractivity contribution in [3.05, 3.63) is 10.4 Å². The topological polar surface area (TPSA) is 77.9 Å². The zero-order valence-corrected chi connectivity index (χ0v) is 6.58. The lowest BCUT2D eigenvalue weighted by molar-refractivity contribution is -0.119. The first kappa shape index (κ1) is 9.78. The summed E-state index contributed by atoms with van der Waals surface area (Å²) in [5.41, 5.74) is 7.87. The first-order chi connectivity index (χ1) is 5.31. The molecule has 0 saturated carbocycles. The highest BCUT2D eigenvalue weighted by Crippen LogP contribution is 1.82.